The molecule has 2 aromatic heterocycles. The van der Waals surface area contributed by atoms with E-state index < -0.39 is 5.97 Å². The number of nitrogens with zero attached hydrogens (tertiary/aromatic N) is 6. The van der Waals surface area contributed by atoms with Crippen LogP contribution in [0.5, 0.6) is 0 Å². The molecular formula is C16H23N7O5. The minimum Gasteiger partial charge on any atom is -0.466 e. The van der Waals surface area contributed by atoms with Crippen LogP contribution in [0, 0.1) is 5.92 Å². The molecule has 0 aromatic carbocycles. The van der Waals surface area contributed by atoms with Gasteiger partial charge in [-0.15, -0.1) is 5.10 Å². The fraction of sp³-hybridized carbons (Fsp3) is 0.625. The largest absolute Gasteiger partial charge is 0.466 e. The number of esters is 2. The first-order valence-electron chi connectivity index (χ1n) is 9.14. The summed E-state index contributed by atoms with van der Waals surface area (Å²) in [5.74, 6) is -0.677. The maximum absolute atomic E-state index is 12.3. The number of piperidine rings is 1. The highest BCUT2D eigenvalue weighted by atomic mass is 16.6. The predicted octanol–water partition coefficient (Wildman–Crippen LogP) is 0.184. The van der Waals surface area contributed by atoms with Crippen LogP contribution in [-0.2, 0) is 20.8 Å². The van der Waals surface area contributed by atoms with Gasteiger partial charge in [0.25, 0.3) is 0 Å². The number of nitrogens with two attached hydrogens (primary N) is 1. The maximum atomic E-state index is 12.3. The summed E-state index contributed by atoms with van der Waals surface area (Å²) in [6.07, 6.45) is 1.34. The lowest BCUT2D eigenvalue weighted by Crippen LogP contribution is -2.37. The molecular weight excluding hydrogens is 370 g/mol. The number of carbonyl (C=O) groups is 2. The van der Waals surface area contributed by atoms with Crippen molar-refractivity contribution in [1.29, 1.82) is 0 Å². The van der Waals surface area contributed by atoms with Crippen LogP contribution in [0.2, 0.25) is 0 Å². The van der Waals surface area contributed by atoms with E-state index in [9.17, 15) is 9.59 Å². The van der Waals surface area contributed by atoms with Gasteiger partial charge in [-0.2, -0.15) is 4.68 Å². The van der Waals surface area contributed by atoms with Crippen molar-refractivity contribution in [1.82, 2.24) is 30.2 Å². The highest BCUT2D eigenvalue weighted by Crippen LogP contribution is 2.23. The first kappa shape index (κ1) is 19.7. The molecule has 12 heteroatoms. The molecule has 3 rings (SSSR count). The Morgan fingerprint density at radius 1 is 1.18 bits per heavy atom. The van der Waals surface area contributed by atoms with E-state index in [0.29, 0.717) is 44.8 Å². The van der Waals surface area contributed by atoms with E-state index >= 15 is 0 Å². The molecule has 12 nitrogen and oxygen atoms in total. The van der Waals surface area contributed by atoms with Gasteiger partial charge in [-0.25, -0.2) is 9.42 Å². The zero-order chi connectivity index (χ0) is 20.1. The van der Waals surface area contributed by atoms with Crippen LogP contribution in [0.3, 0.4) is 0 Å². The van der Waals surface area contributed by atoms with E-state index in [1.54, 1.807) is 13.8 Å². The van der Waals surface area contributed by atoms with Crippen molar-refractivity contribution in [2.45, 2.75) is 33.2 Å². The Morgan fingerprint density at radius 2 is 1.89 bits per heavy atom. The number of ether oxygens (including phenoxy) is 2. The number of carbonyl (C=O) groups excluding carboxylic acids is 2. The van der Waals surface area contributed by atoms with Gasteiger partial charge in [0.05, 0.1) is 24.8 Å². The number of nitrogen functional groups attached to an aromatic ring is 1. The van der Waals surface area contributed by atoms with Crippen molar-refractivity contribution in [2.75, 3.05) is 32.0 Å². The molecule has 3 heterocycles. The van der Waals surface area contributed by atoms with Crippen LogP contribution >= 0.6 is 0 Å². The molecule has 1 fully saturated rings. The Balaban J connectivity index is 1.79. The number of anilines is 1. The standard InChI is InChI=1S/C16H23N7O5/c1-3-26-15(24)10-5-7-22(8-6-10)9-11-12(16(25)27-4-2)18-21-23(11)14-13(17)19-28-20-14/h10H,3-9H2,1-2H3,(H2,17,19). The van der Waals surface area contributed by atoms with Gasteiger partial charge in [0.15, 0.2) is 5.69 Å². The maximum Gasteiger partial charge on any atom is 0.360 e. The molecule has 0 radical (unpaired) electrons. The second-order valence-corrected chi connectivity index (χ2v) is 6.29. The van der Waals surface area contributed by atoms with Gasteiger partial charge < -0.3 is 15.2 Å². The molecule has 152 valence electrons. The average molecular weight is 393 g/mol. The van der Waals surface area contributed by atoms with Gasteiger partial charge in [0.2, 0.25) is 11.6 Å². The highest BCUT2D eigenvalue weighted by Gasteiger charge is 2.30. The van der Waals surface area contributed by atoms with Crippen molar-refractivity contribution in [3.8, 4) is 5.82 Å². The van der Waals surface area contributed by atoms with E-state index in [1.807, 2.05) is 0 Å². The van der Waals surface area contributed by atoms with Gasteiger partial charge in [0.1, 0.15) is 0 Å². The Bertz CT molecular complexity index is 825. The SMILES string of the molecule is CCOC(=O)c1nnn(-c2nonc2N)c1CN1CCC(C(=O)OCC)CC1. The van der Waals surface area contributed by atoms with Crippen LogP contribution < -0.4 is 5.73 Å². The van der Waals surface area contributed by atoms with Gasteiger partial charge in [0, 0.05) is 6.54 Å². The van der Waals surface area contributed by atoms with E-state index in [-0.39, 0.29) is 35.8 Å². The first-order valence-corrected chi connectivity index (χ1v) is 9.14. The van der Waals surface area contributed by atoms with E-state index in [0.717, 1.165) is 0 Å². The normalized spacial score (nSPS) is 15.5. The number of likely N-dealkylation sites (tertiary alicyclic amines) is 1. The summed E-state index contributed by atoms with van der Waals surface area (Å²) in [6, 6.07) is 0. The quantitative estimate of drug-likeness (QED) is 0.641. The van der Waals surface area contributed by atoms with Crippen molar-refractivity contribution in [3.63, 3.8) is 0 Å². The second-order valence-electron chi connectivity index (χ2n) is 6.29. The molecule has 1 saturated heterocycles. The van der Waals surface area contributed by atoms with E-state index in [1.165, 1.54) is 4.68 Å². The van der Waals surface area contributed by atoms with Gasteiger partial charge in [-0.1, -0.05) is 5.21 Å². The summed E-state index contributed by atoms with van der Waals surface area (Å²) < 4.78 is 16.1. The molecule has 0 bridgehead atoms. The van der Waals surface area contributed by atoms with E-state index in [4.69, 9.17) is 15.2 Å². The van der Waals surface area contributed by atoms with Gasteiger partial charge in [-0.05, 0) is 50.1 Å². The van der Waals surface area contributed by atoms with Crippen molar-refractivity contribution < 1.29 is 23.7 Å². The number of aromatic nitrogens is 5. The predicted molar refractivity (Wildman–Crippen MR) is 94.2 cm³/mol. The summed E-state index contributed by atoms with van der Waals surface area (Å²) in [7, 11) is 0. The molecule has 2 N–H and O–H groups in total. The zero-order valence-corrected chi connectivity index (χ0v) is 15.8. The van der Waals surface area contributed by atoms with Crippen molar-refractivity contribution in [3.05, 3.63) is 11.4 Å². The van der Waals surface area contributed by atoms with Gasteiger partial charge >= 0.3 is 11.9 Å². The summed E-state index contributed by atoms with van der Waals surface area (Å²) in [5, 5.41) is 15.2. The molecule has 1 aliphatic rings. The Hall–Kier alpha value is -3.02. The molecule has 2 aromatic rings. The van der Waals surface area contributed by atoms with Crippen LogP contribution in [-0.4, -0.2) is 68.4 Å². The molecule has 1 aliphatic heterocycles. The fourth-order valence-electron chi connectivity index (χ4n) is 3.11. The molecule has 0 atom stereocenters. The molecule has 0 spiro atoms. The lowest BCUT2D eigenvalue weighted by atomic mass is 9.97. The second kappa shape index (κ2) is 8.78. The third kappa shape index (κ3) is 4.11. The Labute approximate surface area is 160 Å². The lowest BCUT2D eigenvalue weighted by Gasteiger charge is -2.30. The third-order valence-corrected chi connectivity index (χ3v) is 4.51. The van der Waals surface area contributed by atoms with Crippen LogP contribution in [0.15, 0.2) is 4.63 Å². The van der Waals surface area contributed by atoms with Crippen molar-refractivity contribution in [2.24, 2.45) is 5.92 Å². The summed E-state index contributed by atoms with van der Waals surface area (Å²) in [5.41, 5.74) is 6.31. The first-order chi connectivity index (χ1) is 13.5. The fourth-order valence-corrected chi connectivity index (χ4v) is 3.11. The highest BCUT2D eigenvalue weighted by molar-refractivity contribution is 5.88. The molecule has 0 unspecified atom stereocenters. The van der Waals surface area contributed by atoms with E-state index in [2.05, 4.69) is 30.2 Å². The summed E-state index contributed by atoms with van der Waals surface area (Å²) >= 11 is 0. The Kier molecular flexibility index (Phi) is 6.19. The van der Waals surface area contributed by atoms with Crippen LogP contribution in [0.4, 0.5) is 5.82 Å². The zero-order valence-electron chi connectivity index (χ0n) is 15.8. The third-order valence-electron chi connectivity index (χ3n) is 4.51. The smallest absolute Gasteiger partial charge is 0.360 e. The lowest BCUT2D eigenvalue weighted by molar-refractivity contribution is -0.149. The Morgan fingerprint density at radius 3 is 2.50 bits per heavy atom. The topological polar surface area (TPSA) is 151 Å². The number of hydrogen-bond acceptors (Lipinski definition) is 11. The van der Waals surface area contributed by atoms with Crippen LogP contribution in [0.1, 0.15) is 42.9 Å². The summed E-state index contributed by atoms with van der Waals surface area (Å²) in [6.45, 7) is 5.75. The molecule has 28 heavy (non-hydrogen) atoms. The molecule has 0 saturated carbocycles. The molecule has 0 amide bonds. The van der Waals surface area contributed by atoms with Crippen molar-refractivity contribution >= 4 is 17.8 Å². The number of rotatable bonds is 7. The van der Waals surface area contributed by atoms with Crippen LogP contribution in [0.25, 0.3) is 5.82 Å². The minimum absolute atomic E-state index is 0.0302. The monoisotopic (exact) mass is 393 g/mol. The minimum atomic E-state index is -0.583. The summed E-state index contributed by atoms with van der Waals surface area (Å²) in [4.78, 5) is 26.3. The average Bonchev–Trinajstić information content (AvgIpc) is 3.28. The molecule has 0 aliphatic carbocycles. The van der Waals surface area contributed by atoms with Gasteiger partial charge in [-0.3, -0.25) is 9.69 Å². The number of hydrogen-bond donors (Lipinski definition) is 1.